The molecule has 0 unspecified atom stereocenters. The molecule has 1 aliphatic rings. The molecule has 2 N–H and O–H groups in total. The smallest absolute Gasteiger partial charge is 0.225 e. The number of likely N-dealkylation sites (N-methyl/N-ethyl adjacent to an activating group) is 1. The first-order chi connectivity index (χ1) is 17.5. The van der Waals surface area contributed by atoms with E-state index in [1.807, 2.05) is 16.7 Å². The van der Waals surface area contributed by atoms with E-state index in [0.29, 0.717) is 33.5 Å². The number of H-pyrrole nitrogens is 1. The normalized spacial score (nSPS) is 14.2. The average molecular weight is 528 g/mol. The molecule has 5 rings (SSSR count). The van der Waals surface area contributed by atoms with Crippen LogP contribution in [0.15, 0.2) is 36.4 Å². The van der Waals surface area contributed by atoms with Crippen molar-refractivity contribution in [1.82, 2.24) is 35.5 Å². The predicted octanol–water partition coefficient (Wildman–Crippen LogP) is 5.50. The fraction of sp³-hybridized carbons (Fsp3) is 0.320. The molecular weight excluding hydrogens is 504 g/mol. The number of hydrogen-bond acceptors (Lipinski definition) is 5. The van der Waals surface area contributed by atoms with E-state index in [1.54, 1.807) is 25.2 Å². The predicted molar refractivity (Wildman–Crippen MR) is 136 cm³/mol. The van der Waals surface area contributed by atoms with Gasteiger partial charge in [0.2, 0.25) is 11.7 Å². The maximum absolute atomic E-state index is 14.2. The highest BCUT2D eigenvalue weighted by Crippen LogP contribution is 2.42. The number of halogens is 3. The Hall–Kier alpha value is -3.30. The fourth-order valence-electron chi connectivity index (χ4n) is 4.80. The Labute approximate surface area is 217 Å². The molecular formula is C25H24Cl2FN7O. The molecule has 11 heteroatoms. The van der Waals surface area contributed by atoms with Crippen molar-refractivity contribution in [1.29, 1.82) is 0 Å². The summed E-state index contributed by atoms with van der Waals surface area (Å²) in [6.07, 6.45) is 5.44. The number of carbonyl (C=O) groups excluding carboxylic acids is 1. The Morgan fingerprint density at radius 2 is 1.97 bits per heavy atom. The van der Waals surface area contributed by atoms with E-state index in [4.69, 9.17) is 28.2 Å². The summed E-state index contributed by atoms with van der Waals surface area (Å²) >= 11 is 12.7. The summed E-state index contributed by atoms with van der Waals surface area (Å²) in [6.45, 7) is 0. The molecule has 2 aromatic heterocycles. The van der Waals surface area contributed by atoms with Gasteiger partial charge in [-0.15, -0.1) is 10.2 Å². The number of carbonyl (C=O) groups is 1. The van der Waals surface area contributed by atoms with Crippen molar-refractivity contribution in [3.8, 4) is 28.5 Å². The molecule has 1 amide bonds. The first-order valence-corrected chi connectivity index (χ1v) is 12.5. The van der Waals surface area contributed by atoms with Crippen molar-refractivity contribution < 1.29 is 9.18 Å². The van der Waals surface area contributed by atoms with Crippen LogP contribution in [0.3, 0.4) is 0 Å². The third-order valence-corrected chi connectivity index (χ3v) is 7.07. The van der Waals surface area contributed by atoms with Gasteiger partial charge in [0, 0.05) is 23.6 Å². The second-order valence-corrected chi connectivity index (χ2v) is 9.67. The molecule has 1 fully saturated rings. The van der Waals surface area contributed by atoms with Gasteiger partial charge in [0.25, 0.3) is 0 Å². The summed E-state index contributed by atoms with van der Waals surface area (Å²) < 4.78 is 16.2. The minimum absolute atomic E-state index is 0.0183. The van der Waals surface area contributed by atoms with Crippen LogP contribution in [0.1, 0.15) is 49.4 Å². The van der Waals surface area contributed by atoms with Crippen LogP contribution in [0, 0.1) is 5.82 Å². The number of benzene rings is 2. The van der Waals surface area contributed by atoms with E-state index >= 15 is 0 Å². The van der Waals surface area contributed by atoms with Crippen LogP contribution < -0.4 is 5.32 Å². The minimum Gasteiger partial charge on any atom is -0.359 e. The zero-order valence-corrected chi connectivity index (χ0v) is 21.1. The Kier molecular flexibility index (Phi) is 7.02. The van der Waals surface area contributed by atoms with Crippen molar-refractivity contribution >= 4 is 29.1 Å². The van der Waals surface area contributed by atoms with Crippen molar-refractivity contribution in [2.75, 3.05) is 7.05 Å². The fourth-order valence-corrected chi connectivity index (χ4v) is 5.15. The lowest BCUT2D eigenvalue weighted by Crippen LogP contribution is -2.21. The molecule has 0 saturated heterocycles. The Morgan fingerprint density at radius 3 is 2.67 bits per heavy atom. The van der Waals surface area contributed by atoms with Gasteiger partial charge in [0.1, 0.15) is 17.3 Å². The quantitative estimate of drug-likeness (QED) is 0.344. The second kappa shape index (κ2) is 10.4. The number of tetrazole rings is 1. The molecule has 36 heavy (non-hydrogen) atoms. The first-order valence-electron chi connectivity index (χ1n) is 11.8. The number of imidazole rings is 1. The van der Waals surface area contributed by atoms with Crippen molar-refractivity contribution in [3.63, 3.8) is 0 Å². The van der Waals surface area contributed by atoms with Gasteiger partial charge in [-0.1, -0.05) is 48.5 Å². The van der Waals surface area contributed by atoms with Gasteiger partial charge in [-0.3, -0.25) is 9.36 Å². The van der Waals surface area contributed by atoms with Crippen LogP contribution in [-0.4, -0.2) is 43.1 Å². The van der Waals surface area contributed by atoms with Crippen molar-refractivity contribution in [3.05, 3.63) is 63.6 Å². The van der Waals surface area contributed by atoms with E-state index in [1.165, 1.54) is 12.5 Å². The lowest BCUT2D eigenvalue weighted by Gasteiger charge is -2.24. The molecule has 1 aliphatic carbocycles. The van der Waals surface area contributed by atoms with E-state index in [9.17, 15) is 9.18 Å². The van der Waals surface area contributed by atoms with Gasteiger partial charge in [0.15, 0.2) is 0 Å². The van der Waals surface area contributed by atoms with Gasteiger partial charge in [0.05, 0.1) is 22.8 Å². The summed E-state index contributed by atoms with van der Waals surface area (Å²) in [5.41, 5.74) is 3.21. The van der Waals surface area contributed by atoms with E-state index in [0.717, 1.165) is 37.1 Å². The Bertz CT molecular complexity index is 1400. The largest absolute Gasteiger partial charge is 0.359 e. The molecule has 0 spiro atoms. The molecule has 4 aromatic rings. The summed E-state index contributed by atoms with van der Waals surface area (Å²) in [4.78, 5) is 17.5. The molecule has 2 heterocycles. The summed E-state index contributed by atoms with van der Waals surface area (Å²) in [5, 5.41) is 17.8. The monoisotopic (exact) mass is 527 g/mol. The van der Waals surface area contributed by atoms with Crippen LogP contribution >= 0.6 is 23.2 Å². The number of nitrogens with one attached hydrogen (secondary N) is 2. The minimum atomic E-state index is -0.525. The molecule has 0 radical (unpaired) electrons. The van der Waals surface area contributed by atoms with Crippen LogP contribution in [0.5, 0.6) is 0 Å². The number of aromatic nitrogens is 6. The topological polar surface area (TPSA) is 101 Å². The Morgan fingerprint density at radius 1 is 1.17 bits per heavy atom. The van der Waals surface area contributed by atoms with Crippen LogP contribution in [0.2, 0.25) is 10.0 Å². The average Bonchev–Trinajstić information content (AvgIpc) is 3.55. The zero-order valence-electron chi connectivity index (χ0n) is 19.6. The molecule has 186 valence electrons. The molecule has 0 atom stereocenters. The van der Waals surface area contributed by atoms with Crippen LogP contribution in [0.4, 0.5) is 4.39 Å². The summed E-state index contributed by atoms with van der Waals surface area (Å²) in [6, 6.07) is 9.94. The molecule has 1 saturated carbocycles. The lowest BCUT2D eigenvalue weighted by molar-refractivity contribution is -0.119. The standard InChI is InChI=1S/C25H24Cl2FN7O/c1-29-21(36)12-15-7-9-17(26)13-20(15)35-23(16-8-10-19(28)18(27)11-16)22(24-31-33-34-32-24)30-25(35)14-5-3-2-4-6-14/h7-11,13-14H,2-6,12H2,1H3,(H,29,36)(H,31,32,33,34). The molecule has 0 bridgehead atoms. The van der Waals surface area contributed by atoms with Gasteiger partial charge in [-0.25, -0.2) is 9.37 Å². The lowest BCUT2D eigenvalue weighted by atomic mass is 9.88. The summed E-state index contributed by atoms with van der Waals surface area (Å²) in [7, 11) is 1.60. The zero-order chi connectivity index (χ0) is 25.2. The highest BCUT2D eigenvalue weighted by Gasteiger charge is 2.30. The maximum Gasteiger partial charge on any atom is 0.225 e. The van der Waals surface area contributed by atoms with Crippen LogP contribution in [0.25, 0.3) is 28.5 Å². The van der Waals surface area contributed by atoms with Crippen molar-refractivity contribution in [2.45, 2.75) is 44.4 Å². The first kappa shape index (κ1) is 24.4. The number of aromatic amines is 1. The molecule has 2 aromatic carbocycles. The van der Waals surface area contributed by atoms with Crippen LogP contribution in [-0.2, 0) is 11.2 Å². The number of amides is 1. The Balaban J connectivity index is 1.84. The van der Waals surface area contributed by atoms with Gasteiger partial charge in [-0.05, 0) is 54.0 Å². The van der Waals surface area contributed by atoms with E-state index < -0.39 is 5.82 Å². The third-order valence-electron chi connectivity index (χ3n) is 6.54. The highest BCUT2D eigenvalue weighted by atomic mass is 35.5. The van der Waals surface area contributed by atoms with Gasteiger partial charge >= 0.3 is 0 Å². The molecule has 8 nitrogen and oxygen atoms in total. The van der Waals surface area contributed by atoms with E-state index in [-0.39, 0.29) is 23.3 Å². The third kappa shape index (κ3) is 4.73. The summed E-state index contributed by atoms with van der Waals surface area (Å²) in [5.74, 6) is 0.619. The maximum atomic E-state index is 14.2. The molecule has 0 aliphatic heterocycles. The SMILES string of the molecule is CNC(=O)Cc1ccc(Cl)cc1-n1c(C2CCCCC2)nc(-c2nn[nH]n2)c1-c1ccc(F)c(Cl)c1. The van der Waals surface area contributed by atoms with Gasteiger partial charge in [-0.2, -0.15) is 5.21 Å². The van der Waals surface area contributed by atoms with E-state index in [2.05, 4.69) is 25.9 Å². The number of hydrogen-bond donors (Lipinski definition) is 2. The van der Waals surface area contributed by atoms with Gasteiger partial charge < -0.3 is 5.32 Å². The number of nitrogens with zero attached hydrogens (tertiary/aromatic N) is 5. The highest BCUT2D eigenvalue weighted by molar-refractivity contribution is 6.31. The number of rotatable bonds is 6. The van der Waals surface area contributed by atoms with Crippen molar-refractivity contribution in [2.24, 2.45) is 0 Å². The second-order valence-electron chi connectivity index (χ2n) is 8.82.